The summed E-state index contributed by atoms with van der Waals surface area (Å²) in [6, 6.07) is 0. The van der Waals surface area contributed by atoms with Crippen LogP contribution in [0.25, 0.3) is 0 Å². The average molecular weight is 450 g/mol. The van der Waals surface area contributed by atoms with Crippen LogP contribution >= 0.6 is 0 Å². The second-order valence-corrected chi connectivity index (χ2v) is 9.31. The van der Waals surface area contributed by atoms with E-state index in [1.165, 1.54) is 82.0 Å². The average Bonchev–Trinajstić information content (AvgIpc) is 2.71. The smallest absolute Gasteiger partial charge is 0.217 e. The largest absolute Gasteiger partial charge is 0.726 e. The van der Waals surface area contributed by atoms with Crippen LogP contribution < -0.4 is 0 Å². The number of hydrogen-bond acceptors (Lipinski definition) is 4. The predicted molar refractivity (Wildman–Crippen MR) is 128 cm³/mol. The van der Waals surface area contributed by atoms with Crippen molar-refractivity contribution in [3.8, 4) is 0 Å². The van der Waals surface area contributed by atoms with Crippen molar-refractivity contribution in [1.82, 2.24) is 0 Å². The molecule has 0 aliphatic heterocycles. The predicted octanol–water partition coefficient (Wildman–Crippen LogP) is 6.60. The number of rotatable bonds is 18. The lowest BCUT2D eigenvalue weighted by molar-refractivity contribution is -0.929. The molecule has 0 N–H and O–H groups in total. The summed E-state index contributed by atoms with van der Waals surface area (Å²) in [6.07, 6.45) is 16.1. The second-order valence-electron chi connectivity index (χ2n) is 8.30. The molecule has 182 valence electrons. The van der Waals surface area contributed by atoms with Crippen molar-refractivity contribution in [2.45, 2.75) is 118 Å². The molecule has 0 aliphatic rings. The maximum absolute atomic E-state index is 10.2. The summed E-state index contributed by atoms with van der Waals surface area (Å²) in [5.41, 5.74) is 0. The third-order valence-electron chi connectivity index (χ3n) is 5.45. The van der Waals surface area contributed by atoms with Crippen molar-refractivity contribution in [1.29, 1.82) is 0 Å². The van der Waals surface area contributed by atoms with Crippen LogP contribution in [0.5, 0.6) is 0 Å². The van der Waals surface area contributed by atoms with Crippen molar-refractivity contribution in [2.24, 2.45) is 0 Å². The molecule has 0 spiro atoms. The number of allylic oxidation sites excluding steroid dienone is 1. The zero-order valence-corrected chi connectivity index (χ0v) is 21.6. The minimum atomic E-state index is -4.56. The first-order valence-corrected chi connectivity index (χ1v) is 13.7. The molecule has 0 aromatic carbocycles. The number of hydrogen-bond donors (Lipinski definition) is 0. The van der Waals surface area contributed by atoms with Gasteiger partial charge < -0.3 is 9.04 Å². The molecule has 0 aromatic rings. The lowest BCUT2D eigenvalue weighted by atomic mass is 10.1. The minimum Gasteiger partial charge on any atom is -0.726 e. The highest BCUT2D eigenvalue weighted by Gasteiger charge is 2.24. The van der Waals surface area contributed by atoms with Crippen LogP contribution in [0.4, 0.5) is 0 Å². The van der Waals surface area contributed by atoms with E-state index in [2.05, 4.69) is 31.9 Å². The minimum absolute atomic E-state index is 0.464. The zero-order chi connectivity index (χ0) is 23.3. The van der Waals surface area contributed by atoms with Crippen molar-refractivity contribution in [3.05, 3.63) is 12.2 Å². The van der Waals surface area contributed by atoms with Crippen molar-refractivity contribution >= 4 is 10.4 Å². The molecular formula is C24H51NO4S. The summed E-state index contributed by atoms with van der Waals surface area (Å²) in [6.45, 7) is 18.8. The molecule has 0 fully saturated rings. The molecule has 1 unspecified atom stereocenters. The van der Waals surface area contributed by atoms with Crippen molar-refractivity contribution in [3.63, 3.8) is 0 Å². The summed E-state index contributed by atoms with van der Waals surface area (Å²) in [7, 11) is -4.56. The fourth-order valence-electron chi connectivity index (χ4n) is 3.50. The van der Waals surface area contributed by atoms with Gasteiger partial charge in [0.15, 0.2) is 0 Å². The maximum Gasteiger partial charge on any atom is 0.217 e. The van der Waals surface area contributed by atoms with E-state index in [-0.39, 0.29) is 0 Å². The van der Waals surface area contributed by atoms with E-state index in [1.54, 1.807) is 6.92 Å². The molecule has 0 bridgehead atoms. The third-order valence-corrected chi connectivity index (χ3v) is 5.96. The van der Waals surface area contributed by atoms with Gasteiger partial charge in [-0.1, -0.05) is 79.4 Å². The van der Waals surface area contributed by atoms with E-state index >= 15 is 0 Å². The van der Waals surface area contributed by atoms with Gasteiger partial charge in [0.1, 0.15) is 0 Å². The summed E-state index contributed by atoms with van der Waals surface area (Å²) in [5.74, 6) is 0. The Balaban J connectivity index is 0. The number of unbranched alkanes of at least 4 members (excludes halogenated alkanes) is 4. The van der Waals surface area contributed by atoms with Crippen LogP contribution in [0.3, 0.4) is 0 Å². The molecule has 1 atom stereocenters. The molecule has 0 saturated carbocycles. The SMILES string of the molecule is CCC=CCC(CC)OS(=O)(=O)[O-].CCCC[N+](CCCC)(CCCC)CCCC. The Morgan fingerprint density at radius 2 is 1.17 bits per heavy atom. The lowest BCUT2D eigenvalue weighted by Gasteiger charge is -2.39. The molecule has 0 aromatic heterocycles. The van der Waals surface area contributed by atoms with Gasteiger partial charge >= 0.3 is 0 Å². The Kier molecular flexibility index (Phi) is 21.7. The summed E-state index contributed by atoms with van der Waals surface area (Å²) in [4.78, 5) is 0. The van der Waals surface area contributed by atoms with Gasteiger partial charge in [0.05, 0.1) is 32.3 Å². The van der Waals surface area contributed by atoms with Crippen LogP contribution in [0, 0.1) is 0 Å². The highest BCUT2D eigenvalue weighted by Crippen LogP contribution is 2.16. The fourth-order valence-corrected chi connectivity index (χ4v) is 4.05. The standard InChI is InChI=1S/C16H36N.C8H16O4S/c1-5-9-13-17(14-10-6-2,15-11-7-3)16-12-8-4;1-3-5-6-7-8(4-2)12-13(9,10)11/h5-16H2,1-4H3;5-6,8H,3-4,7H2,1-2H3,(H,9,10,11)/q+1;/p-1. The molecule has 0 saturated heterocycles. The quantitative estimate of drug-likeness (QED) is 0.102. The van der Waals surface area contributed by atoms with Gasteiger partial charge in [0.2, 0.25) is 10.4 Å². The van der Waals surface area contributed by atoms with Gasteiger partial charge in [-0.2, -0.15) is 0 Å². The van der Waals surface area contributed by atoms with Gasteiger partial charge in [-0.3, -0.25) is 4.18 Å². The second kappa shape index (κ2) is 20.5. The van der Waals surface area contributed by atoms with Crippen LogP contribution in [-0.2, 0) is 14.6 Å². The van der Waals surface area contributed by atoms with E-state index in [0.29, 0.717) is 12.8 Å². The monoisotopic (exact) mass is 449 g/mol. The first-order valence-electron chi connectivity index (χ1n) is 12.4. The van der Waals surface area contributed by atoms with Crippen LogP contribution in [-0.4, -0.2) is 49.7 Å². The van der Waals surface area contributed by atoms with E-state index in [1.807, 2.05) is 19.1 Å². The molecule has 6 heteroatoms. The van der Waals surface area contributed by atoms with E-state index in [4.69, 9.17) is 0 Å². The Labute approximate surface area is 188 Å². The topological polar surface area (TPSA) is 66.4 Å². The number of nitrogens with zero attached hydrogens (tertiary/aromatic N) is 1. The van der Waals surface area contributed by atoms with Gasteiger partial charge in [0.25, 0.3) is 0 Å². The number of quaternary nitrogens is 1. The summed E-state index contributed by atoms with van der Waals surface area (Å²) >= 11 is 0. The molecular weight excluding hydrogens is 398 g/mol. The van der Waals surface area contributed by atoms with Crippen molar-refractivity contribution in [2.75, 3.05) is 26.2 Å². The molecule has 0 heterocycles. The Bertz CT molecular complexity index is 454. The molecule has 0 radical (unpaired) electrons. The highest BCUT2D eigenvalue weighted by atomic mass is 32.3. The normalized spacial score (nSPS) is 13.3. The molecule has 30 heavy (non-hydrogen) atoms. The molecule has 0 aliphatic carbocycles. The van der Waals surface area contributed by atoms with E-state index in [0.717, 1.165) is 6.42 Å². The van der Waals surface area contributed by atoms with Crippen LogP contribution in [0.15, 0.2) is 12.2 Å². The maximum atomic E-state index is 10.2. The molecule has 5 nitrogen and oxygen atoms in total. The lowest BCUT2D eigenvalue weighted by Crippen LogP contribution is -2.50. The van der Waals surface area contributed by atoms with Gasteiger partial charge in [-0.05, 0) is 44.9 Å². The molecule has 0 rings (SSSR count). The van der Waals surface area contributed by atoms with Gasteiger partial charge in [-0.25, -0.2) is 8.42 Å². The van der Waals surface area contributed by atoms with Gasteiger partial charge in [0, 0.05) is 0 Å². The zero-order valence-electron chi connectivity index (χ0n) is 20.8. The van der Waals surface area contributed by atoms with Gasteiger partial charge in [-0.15, -0.1) is 0 Å². The highest BCUT2D eigenvalue weighted by molar-refractivity contribution is 7.80. The summed E-state index contributed by atoms with van der Waals surface area (Å²) in [5, 5.41) is 0. The van der Waals surface area contributed by atoms with Crippen LogP contribution in [0.2, 0.25) is 0 Å². The Hall–Kier alpha value is -0.430. The fraction of sp³-hybridized carbons (Fsp3) is 0.917. The first-order chi connectivity index (χ1) is 14.2. The molecule has 0 amide bonds. The third kappa shape index (κ3) is 19.5. The first kappa shape index (κ1) is 31.8. The van der Waals surface area contributed by atoms with E-state index in [9.17, 15) is 13.0 Å². The van der Waals surface area contributed by atoms with E-state index < -0.39 is 16.5 Å². The van der Waals surface area contributed by atoms with Crippen LogP contribution in [0.1, 0.15) is 112 Å². The Morgan fingerprint density at radius 3 is 1.43 bits per heavy atom. The summed E-state index contributed by atoms with van der Waals surface area (Å²) < 4.78 is 36.4. The van der Waals surface area contributed by atoms with Crippen molar-refractivity contribution < 1.29 is 21.6 Å². The Morgan fingerprint density at radius 1 is 0.767 bits per heavy atom.